The normalized spacial score (nSPS) is 25.0. The molecule has 2 heterocycles. The molecule has 0 aliphatic carbocycles. The van der Waals surface area contributed by atoms with E-state index in [4.69, 9.17) is 0 Å². The van der Waals surface area contributed by atoms with Crippen LogP contribution < -0.4 is 5.32 Å². The first-order valence-corrected chi connectivity index (χ1v) is 8.75. The zero-order valence-corrected chi connectivity index (χ0v) is 13.6. The standard InChI is InChI=1S/C20H24N2O/c23-19(18-9-3-7-16-6-1-2-8-17(16)18)22-13-5-11-20(15-22)10-4-12-21-14-20/h1-3,6-9,21H,4-5,10-15H2. The summed E-state index contributed by atoms with van der Waals surface area (Å²) in [5.41, 5.74) is 1.15. The third kappa shape index (κ3) is 2.74. The molecule has 2 aliphatic heterocycles. The monoisotopic (exact) mass is 308 g/mol. The fourth-order valence-electron chi connectivity index (χ4n) is 4.34. The molecule has 120 valence electrons. The molecule has 2 fully saturated rings. The average Bonchev–Trinajstić information content (AvgIpc) is 2.61. The minimum absolute atomic E-state index is 0.200. The topological polar surface area (TPSA) is 32.3 Å². The molecule has 2 aliphatic rings. The lowest BCUT2D eigenvalue weighted by atomic mass is 9.74. The molecular formula is C20H24N2O. The molecule has 1 amide bonds. The summed E-state index contributed by atoms with van der Waals surface area (Å²) < 4.78 is 0. The Morgan fingerprint density at radius 1 is 1.04 bits per heavy atom. The number of amides is 1. The summed E-state index contributed by atoms with van der Waals surface area (Å²) in [6, 6.07) is 14.2. The van der Waals surface area contributed by atoms with Crippen molar-refractivity contribution in [3.8, 4) is 0 Å². The number of carbonyl (C=O) groups excluding carboxylic acids is 1. The van der Waals surface area contributed by atoms with Gasteiger partial charge in [0.1, 0.15) is 0 Å². The first-order chi connectivity index (χ1) is 11.3. The summed E-state index contributed by atoms with van der Waals surface area (Å²) in [4.78, 5) is 15.2. The molecule has 1 N–H and O–H groups in total. The molecule has 0 aromatic heterocycles. The summed E-state index contributed by atoms with van der Waals surface area (Å²) in [7, 11) is 0. The predicted octanol–water partition coefficient (Wildman–Crippen LogP) is 3.45. The second kappa shape index (κ2) is 5.97. The van der Waals surface area contributed by atoms with Gasteiger partial charge in [-0.1, -0.05) is 36.4 Å². The number of hydrogen-bond donors (Lipinski definition) is 1. The minimum atomic E-state index is 0.200. The van der Waals surface area contributed by atoms with Crippen molar-refractivity contribution in [2.45, 2.75) is 25.7 Å². The van der Waals surface area contributed by atoms with Crippen LogP contribution in [0, 0.1) is 5.41 Å². The van der Waals surface area contributed by atoms with Gasteiger partial charge in [0.25, 0.3) is 5.91 Å². The summed E-state index contributed by atoms with van der Waals surface area (Å²) in [6.45, 7) is 3.98. The number of benzene rings is 2. The van der Waals surface area contributed by atoms with Gasteiger partial charge in [0.2, 0.25) is 0 Å². The maximum absolute atomic E-state index is 13.1. The molecule has 2 aromatic rings. The Kier molecular flexibility index (Phi) is 3.82. The summed E-state index contributed by atoms with van der Waals surface area (Å²) >= 11 is 0. The molecule has 2 saturated heterocycles. The van der Waals surface area contributed by atoms with Crippen LogP contribution in [0.4, 0.5) is 0 Å². The fraction of sp³-hybridized carbons (Fsp3) is 0.450. The van der Waals surface area contributed by atoms with Crippen LogP contribution in [0.15, 0.2) is 42.5 Å². The Hall–Kier alpha value is -1.87. The van der Waals surface area contributed by atoms with Crippen LogP contribution >= 0.6 is 0 Å². The minimum Gasteiger partial charge on any atom is -0.338 e. The van der Waals surface area contributed by atoms with E-state index < -0.39 is 0 Å². The van der Waals surface area contributed by atoms with Gasteiger partial charge < -0.3 is 10.2 Å². The van der Waals surface area contributed by atoms with Gasteiger partial charge in [-0.15, -0.1) is 0 Å². The van der Waals surface area contributed by atoms with Crippen LogP contribution in [0.3, 0.4) is 0 Å². The zero-order valence-electron chi connectivity index (χ0n) is 13.6. The van der Waals surface area contributed by atoms with Gasteiger partial charge >= 0.3 is 0 Å². The lowest BCUT2D eigenvalue weighted by molar-refractivity contribution is 0.0435. The van der Waals surface area contributed by atoms with Gasteiger partial charge in [0.05, 0.1) is 0 Å². The molecule has 23 heavy (non-hydrogen) atoms. The summed E-state index contributed by atoms with van der Waals surface area (Å²) in [5, 5.41) is 5.75. The molecule has 1 unspecified atom stereocenters. The van der Waals surface area contributed by atoms with E-state index in [0.717, 1.165) is 48.9 Å². The van der Waals surface area contributed by atoms with Crippen LogP contribution in [0.5, 0.6) is 0 Å². The van der Waals surface area contributed by atoms with Crippen molar-refractivity contribution in [1.29, 1.82) is 0 Å². The van der Waals surface area contributed by atoms with E-state index in [1.807, 2.05) is 24.3 Å². The van der Waals surface area contributed by atoms with Crippen LogP contribution in [0.1, 0.15) is 36.0 Å². The molecule has 3 heteroatoms. The van der Waals surface area contributed by atoms with Gasteiger partial charge in [-0.2, -0.15) is 0 Å². The van der Waals surface area contributed by atoms with Crippen LogP contribution in [-0.4, -0.2) is 37.0 Å². The molecule has 4 rings (SSSR count). The van der Waals surface area contributed by atoms with Gasteiger partial charge in [-0.05, 0) is 49.1 Å². The van der Waals surface area contributed by atoms with E-state index in [1.54, 1.807) is 0 Å². The van der Waals surface area contributed by atoms with E-state index in [0.29, 0.717) is 5.41 Å². The molecule has 3 nitrogen and oxygen atoms in total. The van der Waals surface area contributed by atoms with Gasteiger partial charge in [-0.25, -0.2) is 0 Å². The smallest absolute Gasteiger partial charge is 0.254 e. The van der Waals surface area contributed by atoms with Gasteiger partial charge in [0, 0.05) is 30.6 Å². The largest absolute Gasteiger partial charge is 0.338 e. The quantitative estimate of drug-likeness (QED) is 0.875. The number of carbonyl (C=O) groups is 1. The van der Waals surface area contributed by atoms with Crippen molar-refractivity contribution in [3.63, 3.8) is 0 Å². The van der Waals surface area contributed by atoms with Crippen molar-refractivity contribution >= 4 is 16.7 Å². The van der Waals surface area contributed by atoms with E-state index in [-0.39, 0.29) is 5.91 Å². The highest BCUT2D eigenvalue weighted by Crippen LogP contribution is 2.36. The predicted molar refractivity (Wildman–Crippen MR) is 93.6 cm³/mol. The molecule has 0 bridgehead atoms. The zero-order chi connectivity index (χ0) is 15.7. The highest BCUT2D eigenvalue weighted by atomic mass is 16.2. The van der Waals surface area contributed by atoms with Crippen LogP contribution in [0.25, 0.3) is 10.8 Å². The van der Waals surface area contributed by atoms with E-state index in [1.165, 1.54) is 19.3 Å². The Morgan fingerprint density at radius 2 is 1.87 bits per heavy atom. The number of fused-ring (bicyclic) bond motifs is 1. The van der Waals surface area contributed by atoms with Crippen LogP contribution in [0.2, 0.25) is 0 Å². The van der Waals surface area contributed by atoms with Crippen molar-refractivity contribution in [2.75, 3.05) is 26.2 Å². The molecule has 0 saturated carbocycles. The summed E-state index contributed by atoms with van der Waals surface area (Å²) in [5.74, 6) is 0.200. The number of piperidine rings is 2. The van der Waals surface area contributed by atoms with Crippen molar-refractivity contribution in [3.05, 3.63) is 48.0 Å². The highest BCUT2D eigenvalue weighted by molar-refractivity contribution is 6.07. The lowest BCUT2D eigenvalue weighted by Gasteiger charge is -2.45. The fourth-order valence-corrected chi connectivity index (χ4v) is 4.34. The van der Waals surface area contributed by atoms with Crippen molar-refractivity contribution in [1.82, 2.24) is 10.2 Å². The van der Waals surface area contributed by atoms with Crippen molar-refractivity contribution < 1.29 is 4.79 Å². The number of hydrogen-bond acceptors (Lipinski definition) is 2. The Bertz CT molecular complexity index is 708. The third-order valence-electron chi connectivity index (χ3n) is 5.53. The van der Waals surface area contributed by atoms with Crippen molar-refractivity contribution in [2.24, 2.45) is 5.41 Å². The number of rotatable bonds is 1. The third-order valence-corrected chi connectivity index (χ3v) is 5.53. The average molecular weight is 308 g/mol. The number of nitrogens with zero attached hydrogens (tertiary/aromatic N) is 1. The first kappa shape index (κ1) is 14.7. The Balaban J connectivity index is 1.63. The molecule has 1 atom stereocenters. The first-order valence-electron chi connectivity index (χ1n) is 8.75. The highest BCUT2D eigenvalue weighted by Gasteiger charge is 2.38. The molecule has 1 spiro atoms. The summed E-state index contributed by atoms with van der Waals surface area (Å²) in [6.07, 6.45) is 4.85. The van der Waals surface area contributed by atoms with Crippen LogP contribution in [-0.2, 0) is 0 Å². The SMILES string of the molecule is O=C(c1cccc2ccccc12)N1CCCC2(CCCNC2)C1. The van der Waals surface area contributed by atoms with E-state index >= 15 is 0 Å². The maximum atomic E-state index is 13.1. The molecular weight excluding hydrogens is 284 g/mol. The van der Waals surface area contributed by atoms with Gasteiger partial charge in [-0.3, -0.25) is 4.79 Å². The lowest BCUT2D eigenvalue weighted by Crippen LogP contribution is -2.52. The second-order valence-corrected chi connectivity index (χ2v) is 7.14. The number of likely N-dealkylation sites (tertiary alicyclic amines) is 1. The van der Waals surface area contributed by atoms with E-state index in [9.17, 15) is 4.79 Å². The molecule has 2 aromatic carbocycles. The van der Waals surface area contributed by atoms with E-state index in [2.05, 4.69) is 28.4 Å². The maximum Gasteiger partial charge on any atom is 0.254 e. The number of nitrogens with one attached hydrogen (secondary N) is 1. The molecule has 0 radical (unpaired) electrons. The second-order valence-electron chi connectivity index (χ2n) is 7.14. The Labute approximate surface area is 137 Å². The van der Waals surface area contributed by atoms with Gasteiger partial charge in [0.15, 0.2) is 0 Å². The Morgan fingerprint density at radius 3 is 2.74 bits per heavy atom.